The lowest BCUT2D eigenvalue weighted by Crippen LogP contribution is -2.36. The van der Waals surface area contributed by atoms with E-state index in [0.29, 0.717) is 5.16 Å². The highest BCUT2D eigenvalue weighted by Gasteiger charge is 2.46. The first-order chi connectivity index (χ1) is 13.2. The summed E-state index contributed by atoms with van der Waals surface area (Å²) in [6.07, 6.45) is 21.0. The van der Waals surface area contributed by atoms with Crippen molar-refractivity contribution in [2.45, 2.75) is 101 Å². The van der Waals surface area contributed by atoms with Gasteiger partial charge < -0.3 is 0 Å². The predicted octanol–water partition coefficient (Wildman–Crippen LogP) is 8.33. The molecule has 0 radical (unpaired) electrons. The van der Waals surface area contributed by atoms with Gasteiger partial charge in [0.1, 0.15) is 0 Å². The molecule has 0 spiro atoms. The standard InChI is InChI=1S/C26H37P/c1-21-18-19-25(22-12-6-3-7-13-22)26(2,20-21)27(23-14-8-4-9-15-23)24-16-10-5-11-17-24/h3,6-7,12-13,18-19,23-24H,4-5,8-11,14-17,20H2,1-2H3. The van der Waals surface area contributed by atoms with E-state index in [2.05, 4.69) is 56.3 Å². The van der Waals surface area contributed by atoms with Crippen molar-refractivity contribution >= 4 is 13.5 Å². The van der Waals surface area contributed by atoms with Crippen LogP contribution in [0.15, 0.2) is 48.1 Å². The molecule has 1 aromatic rings. The second-order valence-corrected chi connectivity index (χ2v) is 12.7. The third-order valence-electron chi connectivity index (χ3n) is 7.33. The summed E-state index contributed by atoms with van der Waals surface area (Å²) in [6, 6.07) is 11.3. The summed E-state index contributed by atoms with van der Waals surface area (Å²) in [6.45, 7) is 5.03. The fourth-order valence-corrected chi connectivity index (χ4v) is 11.1. The molecule has 0 saturated heterocycles. The van der Waals surface area contributed by atoms with Gasteiger partial charge in [-0.25, -0.2) is 0 Å². The van der Waals surface area contributed by atoms with Crippen LogP contribution in [0.5, 0.6) is 0 Å². The minimum absolute atomic E-state index is 0.00413. The molecule has 1 heteroatoms. The molecule has 3 aliphatic rings. The molecule has 27 heavy (non-hydrogen) atoms. The summed E-state index contributed by atoms with van der Waals surface area (Å²) in [7, 11) is 0.00413. The molecule has 3 aliphatic carbocycles. The number of rotatable bonds is 4. The average molecular weight is 381 g/mol. The van der Waals surface area contributed by atoms with Crippen LogP contribution >= 0.6 is 7.92 Å². The fraction of sp³-hybridized carbons (Fsp3) is 0.615. The van der Waals surface area contributed by atoms with E-state index in [1.165, 1.54) is 76.2 Å². The van der Waals surface area contributed by atoms with E-state index in [1.54, 1.807) is 11.1 Å². The molecule has 0 heterocycles. The Morgan fingerprint density at radius 2 is 1.33 bits per heavy atom. The van der Waals surface area contributed by atoms with Crippen LogP contribution < -0.4 is 0 Å². The van der Waals surface area contributed by atoms with Crippen LogP contribution in [0.4, 0.5) is 0 Å². The summed E-state index contributed by atoms with van der Waals surface area (Å²) >= 11 is 0. The van der Waals surface area contributed by atoms with Gasteiger partial charge in [0.2, 0.25) is 0 Å². The van der Waals surface area contributed by atoms with Crippen LogP contribution in [0, 0.1) is 0 Å². The highest BCUT2D eigenvalue weighted by atomic mass is 31.1. The zero-order valence-corrected chi connectivity index (χ0v) is 18.3. The quantitative estimate of drug-likeness (QED) is 0.461. The van der Waals surface area contributed by atoms with E-state index >= 15 is 0 Å². The third kappa shape index (κ3) is 4.12. The van der Waals surface area contributed by atoms with E-state index in [9.17, 15) is 0 Å². The van der Waals surface area contributed by atoms with Gasteiger partial charge in [-0.05, 0) is 61.5 Å². The molecule has 0 nitrogen and oxygen atoms in total. The Morgan fingerprint density at radius 1 is 0.778 bits per heavy atom. The number of hydrogen-bond donors (Lipinski definition) is 0. The Bertz CT molecular complexity index is 655. The predicted molar refractivity (Wildman–Crippen MR) is 122 cm³/mol. The molecule has 0 N–H and O–H groups in total. The first kappa shape index (κ1) is 19.4. The smallest absolute Gasteiger partial charge is 0.0174 e. The first-order valence-corrected chi connectivity index (χ1v) is 12.9. The third-order valence-corrected chi connectivity index (χ3v) is 11.5. The molecule has 146 valence electrons. The molecule has 2 fully saturated rings. The Kier molecular flexibility index (Phi) is 6.23. The van der Waals surface area contributed by atoms with Crippen LogP contribution in [0.1, 0.15) is 90.0 Å². The average Bonchev–Trinajstić information content (AvgIpc) is 2.70. The van der Waals surface area contributed by atoms with Gasteiger partial charge in [-0.3, -0.25) is 0 Å². The molecule has 0 aromatic heterocycles. The highest BCUT2D eigenvalue weighted by molar-refractivity contribution is 7.61. The first-order valence-electron chi connectivity index (χ1n) is 11.4. The minimum atomic E-state index is 0.00413. The molecule has 4 rings (SSSR count). The number of hydrogen-bond acceptors (Lipinski definition) is 0. The van der Waals surface area contributed by atoms with Gasteiger partial charge in [-0.2, -0.15) is 0 Å². The van der Waals surface area contributed by atoms with Crippen LogP contribution in [0.2, 0.25) is 0 Å². The monoisotopic (exact) mass is 380 g/mol. The Morgan fingerprint density at radius 3 is 1.89 bits per heavy atom. The topological polar surface area (TPSA) is 0 Å². The summed E-state index contributed by atoms with van der Waals surface area (Å²) < 4.78 is 0. The summed E-state index contributed by atoms with van der Waals surface area (Å²) in [5, 5.41) is 0.361. The van der Waals surface area contributed by atoms with Gasteiger partial charge in [-0.1, -0.05) is 101 Å². The van der Waals surface area contributed by atoms with Crippen molar-refractivity contribution in [3.05, 3.63) is 53.6 Å². The molecule has 0 amide bonds. The van der Waals surface area contributed by atoms with Crippen molar-refractivity contribution in [2.75, 3.05) is 0 Å². The van der Waals surface area contributed by atoms with E-state index < -0.39 is 0 Å². The van der Waals surface area contributed by atoms with Gasteiger partial charge >= 0.3 is 0 Å². The zero-order valence-electron chi connectivity index (χ0n) is 17.4. The van der Waals surface area contributed by atoms with Gasteiger partial charge in [0.05, 0.1) is 0 Å². The van der Waals surface area contributed by atoms with Crippen molar-refractivity contribution < 1.29 is 0 Å². The SMILES string of the molecule is CC1=CC=C(c2ccccc2)C(C)(P(C2CCCCC2)C2CCCCC2)C1. The molecule has 2 saturated carbocycles. The summed E-state index contributed by atoms with van der Waals surface area (Å²) in [5.41, 5.74) is 6.72. The van der Waals surface area contributed by atoms with Crippen LogP contribution in [-0.4, -0.2) is 16.5 Å². The number of allylic oxidation sites excluding steroid dienone is 4. The van der Waals surface area contributed by atoms with Crippen molar-refractivity contribution in [3.8, 4) is 0 Å². The van der Waals surface area contributed by atoms with Crippen molar-refractivity contribution in [1.82, 2.24) is 0 Å². The largest absolute Gasteiger partial charge is 0.0893 e. The van der Waals surface area contributed by atoms with E-state index in [4.69, 9.17) is 0 Å². The molecular formula is C26H37P. The van der Waals surface area contributed by atoms with E-state index in [0.717, 1.165) is 11.3 Å². The molecule has 1 atom stereocenters. The molecule has 1 aromatic carbocycles. The highest BCUT2D eigenvalue weighted by Crippen LogP contribution is 2.69. The van der Waals surface area contributed by atoms with Gasteiger partial charge in [0.15, 0.2) is 0 Å². The summed E-state index contributed by atoms with van der Waals surface area (Å²) in [5.74, 6) is 0. The lowest BCUT2D eigenvalue weighted by atomic mass is 9.84. The van der Waals surface area contributed by atoms with E-state index in [1.807, 2.05) is 0 Å². The molecule has 1 unspecified atom stereocenters. The van der Waals surface area contributed by atoms with Gasteiger partial charge in [0, 0.05) is 5.16 Å². The maximum absolute atomic E-state index is 2.66. The van der Waals surface area contributed by atoms with Crippen LogP contribution in [0.3, 0.4) is 0 Å². The van der Waals surface area contributed by atoms with E-state index in [-0.39, 0.29) is 7.92 Å². The molecule has 0 bridgehead atoms. The van der Waals surface area contributed by atoms with Crippen LogP contribution in [0.25, 0.3) is 5.57 Å². The maximum Gasteiger partial charge on any atom is 0.0174 e. The van der Waals surface area contributed by atoms with Crippen LogP contribution in [-0.2, 0) is 0 Å². The lowest BCUT2D eigenvalue weighted by molar-refractivity contribution is 0.476. The summed E-state index contributed by atoms with van der Waals surface area (Å²) in [4.78, 5) is 0. The minimum Gasteiger partial charge on any atom is -0.0893 e. The van der Waals surface area contributed by atoms with Crippen molar-refractivity contribution in [2.24, 2.45) is 0 Å². The van der Waals surface area contributed by atoms with Gasteiger partial charge in [-0.15, -0.1) is 0 Å². The van der Waals surface area contributed by atoms with Crippen molar-refractivity contribution in [1.29, 1.82) is 0 Å². The fourth-order valence-electron chi connectivity index (χ4n) is 6.18. The second-order valence-electron chi connectivity index (χ2n) is 9.40. The molecule has 0 aliphatic heterocycles. The maximum atomic E-state index is 2.66. The van der Waals surface area contributed by atoms with Gasteiger partial charge in [0.25, 0.3) is 0 Å². The second kappa shape index (κ2) is 8.65. The Hall–Kier alpha value is -0.870. The number of benzene rings is 1. The molecular weight excluding hydrogens is 343 g/mol. The normalized spacial score (nSPS) is 28.1. The van der Waals surface area contributed by atoms with Crippen molar-refractivity contribution in [3.63, 3.8) is 0 Å². The Balaban J connectivity index is 1.75. The Labute approximate surface area is 168 Å². The zero-order chi connectivity index (χ0) is 18.7. The lowest BCUT2D eigenvalue weighted by Gasteiger charge is -2.51.